The molecule has 0 fully saturated rings. The highest BCUT2D eigenvalue weighted by Gasteiger charge is 2.38. The van der Waals surface area contributed by atoms with Gasteiger partial charge in [-0.15, -0.1) is 0 Å². The Bertz CT molecular complexity index is 1170. The van der Waals surface area contributed by atoms with E-state index in [4.69, 9.17) is 0 Å². The minimum Gasteiger partial charge on any atom is -0.510 e. The molecule has 3 atom stereocenters. The third kappa shape index (κ3) is 10.1. The van der Waals surface area contributed by atoms with Crippen molar-refractivity contribution in [2.45, 2.75) is 71.0 Å². The summed E-state index contributed by atoms with van der Waals surface area (Å²) in [4.78, 5) is 48.2. The van der Waals surface area contributed by atoms with Gasteiger partial charge in [-0.2, -0.15) is 0 Å². The zero-order valence-electron chi connectivity index (χ0n) is 22.6. The number of hydrogen-bond acceptors (Lipinski definition) is 7. The summed E-state index contributed by atoms with van der Waals surface area (Å²) < 4.78 is 0. The molecular weight excluding hydrogens is 500 g/mol. The lowest BCUT2D eigenvalue weighted by Gasteiger charge is -2.31. The number of carbonyl (C=O) groups excluding carboxylic acids is 4. The number of aliphatic hydroxyl groups is 3. The number of allylic oxidation sites excluding steroid dienone is 10. The Labute approximate surface area is 229 Å². The van der Waals surface area contributed by atoms with Crippen molar-refractivity contribution >= 4 is 23.4 Å². The fourth-order valence-corrected chi connectivity index (χ4v) is 4.05. The molecule has 2 aliphatic carbocycles. The van der Waals surface area contributed by atoms with E-state index in [1.165, 1.54) is 36.5 Å². The Morgan fingerprint density at radius 2 is 1.74 bits per heavy atom. The lowest BCUT2D eigenvalue weighted by Crippen LogP contribution is -2.46. The molecule has 0 aliphatic heterocycles. The van der Waals surface area contributed by atoms with Crippen molar-refractivity contribution in [3.8, 4) is 0 Å². The van der Waals surface area contributed by atoms with Crippen LogP contribution in [0, 0.1) is 5.92 Å². The first-order valence-corrected chi connectivity index (χ1v) is 13.1. The number of carbonyl (C=O) groups is 4. The van der Waals surface area contributed by atoms with Crippen molar-refractivity contribution in [2.75, 3.05) is 0 Å². The van der Waals surface area contributed by atoms with Crippen LogP contribution < -0.4 is 10.6 Å². The number of Topliss-reactive ketones (excluding diaryl/α,β-unsaturated/α-hetero) is 2. The van der Waals surface area contributed by atoms with E-state index in [2.05, 4.69) is 30.6 Å². The maximum atomic E-state index is 12.4. The largest absolute Gasteiger partial charge is 0.510 e. The molecule has 2 rings (SSSR count). The molecule has 2 aliphatic rings. The van der Waals surface area contributed by atoms with Gasteiger partial charge in [-0.25, -0.2) is 0 Å². The molecular formula is C30H38N2O7. The summed E-state index contributed by atoms with van der Waals surface area (Å²) in [7, 11) is 0. The van der Waals surface area contributed by atoms with E-state index in [-0.39, 0.29) is 42.2 Å². The van der Waals surface area contributed by atoms with Crippen LogP contribution in [-0.4, -0.2) is 50.4 Å². The molecule has 0 spiro atoms. The maximum absolute atomic E-state index is 12.4. The van der Waals surface area contributed by atoms with Crippen molar-refractivity contribution in [2.24, 2.45) is 5.92 Å². The van der Waals surface area contributed by atoms with Gasteiger partial charge in [0.25, 0.3) is 0 Å². The fourth-order valence-electron chi connectivity index (χ4n) is 4.05. The molecule has 2 amide bonds. The SMILES string of the molecule is CCCCC(C)/C=C(C)/C=C/C(=O)NC1=CC(O)(/C=C/C=C/C=C/C(=O)NC2=C(O)CCC2=O)C(O)CC1=O. The standard InChI is InChI=1S/C30H38N2O7/c1-4-5-10-20(2)17-21(3)12-15-28(38)31-22-19-30(39,26(36)18-25(22)35)16-9-7-6-8-11-27(37)32-29-23(33)13-14-24(29)34/h6-9,11-12,15-17,19-20,26,33,36,39H,4-5,10,13-14,18H2,1-3H3,(H,31,38)(H,32,37)/b7-6+,11-8+,15-12+,16-9+,21-17+. The topological polar surface area (TPSA) is 153 Å². The van der Waals surface area contributed by atoms with Crippen molar-refractivity contribution in [3.63, 3.8) is 0 Å². The number of nitrogens with one attached hydrogen (secondary N) is 2. The second kappa shape index (κ2) is 14.9. The van der Waals surface area contributed by atoms with Crippen LogP contribution in [0.1, 0.15) is 59.3 Å². The number of hydrogen-bond donors (Lipinski definition) is 5. The summed E-state index contributed by atoms with van der Waals surface area (Å²) in [5.41, 5.74) is -1.18. The minimum atomic E-state index is -1.90. The van der Waals surface area contributed by atoms with E-state index in [1.54, 1.807) is 6.08 Å². The Kier molecular flexibility index (Phi) is 12.0. The van der Waals surface area contributed by atoms with Gasteiger partial charge < -0.3 is 26.0 Å². The first kappa shape index (κ1) is 31.4. The maximum Gasteiger partial charge on any atom is 0.248 e. The smallest absolute Gasteiger partial charge is 0.248 e. The number of unbranched alkanes of at least 4 members (excludes halogenated alkanes) is 1. The van der Waals surface area contributed by atoms with Crippen LogP contribution in [0.3, 0.4) is 0 Å². The van der Waals surface area contributed by atoms with E-state index >= 15 is 0 Å². The second-order valence-corrected chi connectivity index (χ2v) is 9.78. The summed E-state index contributed by atoms with van der Waals surface area (Å²) in [5.74, 6) is -1.71. The zero-order chi connectivity index (χ0) is 29.0. The molecule has 0 aromatic heterocycles. The molecule has 0 heterocycles. The average Bonchev–Trinajstić information content (AvgIpc) is 3.19. The molecule has 9 nitrogen and oxygen atoms in total. The van der Waals surface area contributed by atoms with Crippen molar-refractivity contribution in [3.05, 3.63) is 83.5 Å². The number of aliphatic hydroxyl groups excluding tert-OH is 2. The van der Waals surface area contributed by atoms with Gasteiger partial charge in [-0.05, 0) is 31.4 Å². The van der Waals surface area contributed by atoms with Gasteiger partial charge in [0.1, 0.15) is 17.1 Å². The molecule has 0 bridgehead atoms. The predicted molar refractivity (Wildman–Crippen MR) is 148 cm³/mol. The zero-order valence-corrected chi connectivity index (χ0v) is 22.6. The fraction of sp³-hybridized carbons (Fsp3) is 0.400. The third-order valence-electron chi connectivity index (χ3n) is 6.25. The van der Waals surface area contributed by atoms with Crippen LogP contribution in [0.5, 0.6) is 0 Å². The van der Waals surface area contributed by atoms with Crippen molar-refractivity contribution < 1.29 is 34.5 Å². The molecule has 0 saturated carbocycles. The molecule has 0 radical (unpaired) electrons. The van der Waals surface area contributed by atoms with Crippen LogP contribution >= 0.6 is 0 Å². The van der Waals surface area contributed by atoms with E-state index in [1.807, 2.05) is 6.92 Å². The normalized spacial score (nSPS) is 23.5. The Hall–Kier alpha value is -3.82. The van der Waals surface area contributed by atoms with Crippen LogP contribution in [0.2, 0.25) is 0 Å². The minimum absolute atomic E-state index is 0.0923. The van der Waals surface area contributed by atoms with Gasteiger partial charge in [-0.3, -0.25) is 19.2 Å². The Balaban J connectivity index is 1.98. The quantitative estimate of drug-likeness (QED) is 0.189. The highest BCUT2D eigenvalue weighted by molar-refractivity contribution is 6.03. The first-order valence-electron chi connectivity index (χ1n) is 13.1. The van der Waals surface area contributed by atoms with E-state index < -0.39 is 29.3 Å². The summed E-state index contributed by atoms with van der Waals surface area (Å²) in [6.07, 6.45) is 16.2. The molecule has 9 heteroatoms. The molecule has 0 aromatic rings. The van der Waals surface area contributed by atoms with E-state index in [0.717, 1.165) is 37.0 Å². The molecule has 5 N–H and O–H groups in total. The van der Waals surface area contributed by atoms with Crippen LogP contribution in [-0.2, 0) is 19.2 Å². The van der Waals surface area contributed by atoms with Gasteiger partial charge in [-0.1, -0.05) is 68.7 Å². The summed E-state index contributed by atoms with van der Waals surface area (Å²) in [6.45, 7) is 6.15. The van der Waals surface area contributed by atoms with Crippen LogP contribution in [0.15, 0.2) is 83.5 Å². The monoisotopic (exact) mass is 538 g/mol. The number of amides is 2. The van der Waals surface area contributed by atoms with Gasteiger partial charge in [0.15, 0.2) is 11.6 Å². The summed E-state index contributed by atoms with van der Waals surface area (Å²) in [6, 6.07) is 0. The first-order chi connectivity index (χ1) is 18.4. The Morgan fingerprint density at radius 1 is 1.05 bits per heavy atom. The highest BCUT2D eigenvalue weighted by Crippen LogP contribution is 2.26. The molecule has 3 unspecified atom stereocenters. The van der Waals surface area contributed by atoms with Crippen molar-refractivity contribution in [1.82, 2.24) is 10.6 Å². The van der Waals surface area contributed by atoms with E-state index in [0.29, 0.717) is 5.92 Å². The second-order valence-electron chi connectivity index (χ2n) is 9.78. The third-order valence-corrected chi connectivity index (χ3v) is 6.25. The molecule has 210 valence electrons. The predicted octanol–water partition coefficient (Wildman–Crippen LogP) is 3.30. The van der Waals surface area contributed by atoms with Gasteiger partial charge in [0, 0.05) is 31.4 Å². The number of rotatable bonds is 12. The molecule has 0 saturated heterocycles. The van der Waals surface area contributed by atoms with Crippen molar-refractivity contribution in [1.29, 1.82) is 0 Å². The number of ketones is 2. The molecule has 39 heavy (non-hydrogen) atoms. The van der Waals surface area contributed by atoms with E-state index in [9.17, 15) is 34.5 Å². The summed E-state index contributed by atoms with van der Waals surface area (Å²) in [5, 5.41) is 35.6. The lowest BCUT2D eigenvalue weighted by molar-refractivity contribution is -0.124. The van der Waals surface area contributed by atoms with Gasteiger partial charge in [0.05, 0.1) is 11.8 Å². The van der Waals surface area contributed by atoms with Gasteiger partial charge in [0.2, 0.25) is 11.8 Å². The summed E-state index contributed by atoms with van der Waals surface area (Å²) >= 11 is 0. The highest BCUT2D eigenvalue weighted by atomic mass is 16.3. The lowest BCUT2D eigenvalue weighted by atomic mass is 9.85. The van der Waals surface area contributed by atoms with Gasteiger partial charge >= 0.3 is 0 Å². The average molecular weight is 539 g/mol. The Morgan fingerprint density at radius 3 is 2.41 bits per heavy atom. The van der Waals surface area contributed by atoms with Crippen LogP contribution in [0.4, 0.5) is 0 Å². The molecule has 0 aromatic carbocycles. The van der Waals surface area contributed by atoms with Crippen LogP contribution in [0.25, 0.3) is 0 Å².